The number of aromatic nitrogens is 1. The second kappa shape index (κ2) is 3.10. The summed E-state index contributed by atoms with van der Waals surface area (Å²) in [7, 11) is 2.46. The number of pyridine rings is 1. The van der Waals surface area contributed by atoms with Crippen LogP contribution in [0.25, 0.3) is 0 Å². The Kier molecular flexibility index (Phi) is 2.48. The van der Waals surface area contributed by atoms with Crippen LogP contribution in [-0.4, -0.2) is 4.98 Å². The van der Waals surface area contributed by atoms with Gasteiger partial charge in [0.15, 0.2) is 0 Å². The van der Waals surface area contributed by atoms with E-state index in [2.05, 4.69) is 35.0 Å². The molecule has 0 aromatic carbocycles. The van der Waals surface area contributed by atoms with Gasteiger partial charge in [0.05, 0.1) is 5.44 Å². The fraction of sp³-hybridized carbons (Fsp3) is 0.444. The second-order valence-electron chi connectivity index (χ2n) is 3.82. The van der Waals surface area contributed by atoms with E-state index >= 15 is 0 Å². The lowest BCUT2D eigenvalue weighted by molar-refractivity contribution is 0.566. The van der Waals surface area contributed by atoms with E-state index in [1.165, 1.54) is 6.07 Å². The van der Waals surface area contributed by atoms with Crippen molar-refractivity contribution in [2.45, 2.75) is 26.2 Å². The Morgan fingerprint density at radius 1 is 1.33 bits per heavy atom. The van der Waals surface area contributed by atoms with E-state index in [1.54, 1.807) is 6.07 Å². The smallest absolute Gasteiger partial charge is 0.213 e. The predicted molar refractivity (Wildman–Crippen MR) is 52.2 cm³/mol. The zero-order valence-corrected chi connectivity index (χ0v) is 8.71. The normalized spacial score (nSPS) is 11.8. The molecular weight excluding hydrogens is 172 g/mol. The summed E-state index contributed by atoms with van der Waals surface area (Å²) < 4.78 is 12.6. The van der Waals surface area contributed by atoms with Crippen molar-refractivity contribution in [3.8, 4) is 0 Å². The molecule has 0 amide bonds. The Hall–Kier alpha value is -0.490. The van der Waals surface area contributed by atoms with E-state index in [9.17, 15) is 4.39 Å². The Labute approximate surface area is 74.6 Å². The molecule has 0 saturated carbocycles. The highest BCUT2D eigenvalue weighted by Crippen LogP contribution is 2.20. The molecule has 1 aromatic rings. The summed E-state index contributed by atoms with van der Waals surface area (Å²) in [5.74, 6) is -0.423. The lowest BCUT2D eigenvalue weighted by Crippen LogP contribution is -2.21. The third-order valence-electron chi connectivity index (χ3n) is 1.70. The van der Waals surface area contributed by atoms with Gasteiger partial charge in [-0.25, -0.2) is 4.98 Å². The molecule has 1 atom stereocenters. The Morgan fingerprint density at radius 2 is 1.92 bits per heavy atom. The van der Waals surface area contributed by atoms with Crippen molar-refractivity contribution >= 4 is 14.7 Å². The zero-order chi connectivity index (χ0) is 9.35. The Bertz CT molecular complexity index is 291. The summed E-state index contributed by atoms with van der Waals surface area (Å²) in [4.78, 5) is 3.74. The molecule has 12 heavy (non-hydrogen) atoms. The van der Waals surface area contributed by atoms with Crippen molar-refractivity contribution in [2.75, 3.05) is 0 Å². The van der Waals surface area contributed by atoms with Gasteiger partial charge < -0.3 is 0 Å². The number of hydrogen-bond acceptors (Lipinski definition) is 1. The summed E-state index contributed by atoms with van der Waals surface area (Å²) >= 11 is 0. The second-order valence-corrected chi connectivity index (χ2v) is 4.36. The first kappa shape index (κ1) is 9.60. The molecule has 0 fully saturated rings. The average Bonchev–Trinajstić information content (AvgIpc) is 1.83. The van der Waals surface area contributed by atoms with Crippen LogP contribution in [0.5, 0.6) is 0 Å². The standard InChI is InChI=1S/C9H13FNP/c1-9(2,3)6-4-5-7(10)11-8(6)12/h4-5H,12H2,1-3H3. The third-order valence-corrected chi connectivity index (χ3v) is 2.14. The van der Waals surface area contributed by atoms with Crippen LogP contribution in [0, 0.1) is 5.95 Å². The highest BCUT2D eigenvalue weighted by Gasteiger charge is 2.16. The first-order chi connectivity index (χ1) is 5.41. The summed E-state index contributed by atoms with van der Waals surface area (Å²) in [5, 5.41) is 0. The molecule has 1 aromatic heterocycles. The highest BCUT2D eigenvalue weighted by atomic mass is 31.0. The van der Waals surface area contributed by atoms with Crippen molar-refractivity contribution in [3.05, 3.63) is 23.6 Å². The molecule has 0 bridgehead atoms. The van der Waals surface area contributed by atoms with Crippen molar-refractivity contribution in [3.63, 3.8) is 0 Å². The van der Waals surface area contributed by atoms with E-state index in [4.69, 9.17) is 0 Å². The number of nitrogens with zero attached hydrogens (tertiary/aromatic N) is 1. The van der Waals surface area contributed by atoms with Crippen LogP contribution in [0.1, 0.15) is 26.3 Å². The fourth-order valence-electron chi connectivity index (χ4n) is 1.08. The maximum Gasteiger partial charge on any atom is 0.213 e. The maximum absolute atomic E-state index is 12.6. The van der Waals surface area contributed by atoms with Crippen LogP contribution >= 0.6 is 9.24 Å². The minimum absolute atomic E-state index is 0.0256. The van der Waals surface area contributed by atoms with Gasteiger partial charge in [0, 0.05) is 0 Å². The van der Waals surface area contributed by atoms with Gasteiger partial charge in [0.1, 0.15) is 0 Å². The summed E-state index contributed by atoms with van der Waals surface area (Å²) in [6, 6.07) is 3.18. The first-order valence-corrected chi connectivity index (χ1v) is 4.41. The van der Waals surface area contributed by atoms with Gasteiger partial charge in [-0.1, -0.05) is 36.1 Å². The topological polar surface area (TPSA) is 12.9 Å². The SMILES string of the molecule is CC(C)(C)c1ccc(F)nc1P. The van der Waals surface area contributed by atoms with Crippen LogP contribution in [-0.2, 0) is 5.41 Å². The average molecular weight is 185 g/mol. The molecule has 0 spiro atoms. The zero-order valence-electron chi connectivity index (χ0n) is 7.56. The molecule has 1 heterocycles. The van der Waals surface area contributed by atoms with E-state index < -0.39 is 5.95 Å². The molecule has 0 aliphatic carbocycles. The largest absolute Gasteiger partial charge is 0.220 e. The molecule has 1 rings (SSSR count). The first-order valence-electron chi connectivity index (χ1n) is 3.84. The molecule has 1 unspecified atom stereocenters. The van der Waals surface area contributed by atoms with Crippen molar-refractivity contribution < 1.29 is 4.39 Å². The van der Waals surface area contributed by atoms with Crippen LogP contribution < -0.4 is 5.44 Å². The summed E-state index contributed by atoms with van der Waals surface area (Å²) in [6.07, 6.45) is 0. The molecule has 1 nitrogen and oxygen atoms in total. The van der Waals surface area contributed by atoms with Crippen LogP contribution in [0.4, 0.5) is 4.39 Å². The molecule has 3 heteroatoms. The van der Waals surface area contributed by atoms with Crippen molar-refractivity contribution in [1.29, 1.82) is 0 Å². The van der Waals surface area contributed by atoms with Gasteiger partial charge in [-0.2, -0.15) is 4.39 Å². The minimum Gasteiger partial charge on any atom is -0.220 e. The monoisotopic (exact) mass is 185 g/mol. The molecule has 0 N–H and O–H groups in total. The van der Waals surface area contributed by atoms with Gasteiger partial charge in [0.25, 0.3) is 0 Å². The van der Waals surface area contributed by atoms with Gasteiger partial charge in [0.2, 0.25) is 5.95 Å². The number of rotatable bonds is 0. The van der Waals surface area contributed by atoms with Crippen LogP contribution in [0.2, 0.25) is 0 Å². The van der Waals surface area contributed by atoms with Gasteiger partial charge in [-0.3, -0.25) is 0 Å². The summed E-state index contributed by atoms with van der Waals surface area (Å²) in [5.41, 5.74) is 1.79. The van der Waals surface area contributed by atoms with Crippen LogP contribution in [0.3, 0.4) is 0 Å². The van der Waals surface area contributed by atoms with Crippen molar-refractivity contribution in [2.24, 2.45) is 0 Å². The molecule has 66 valence electrons. The predicted octanol–water partition coefficient (Wildman–Crippen LogP) is 2.02. The molecule has 0 saturated heterocycles. The molecular formula is C9H13FNP. The Morgan fingerprint density at radius 3 is 2.33 bits per heavy atom. The van der Waals surface area contributed by atoms with E-state index in [-0.39, 0.29) is 5.41 Å². The Balaban J connectivity index is 3.19. The van der Waals surface area contributed by atoms with E-state index in [1.807, 2.05) is 0 Å². The molecule has 0 aliphatic rings. The highest BCUT2D eigenvalue weighted by molar-refractivity contribution is 7.27. The molecule has 0 radical (unpaired) electrons. The van der Waals surface area contributed by atoms with Gasteiger partial charge in [-0.15, -0.1) is 0 Å². The molecule has 0 aliphatic heterocycles. The maximum atomic E-state index is 12.6. The van der Waals surface area contributed by atoms with E-state index in [0.717, 1.165) is 5.56 Å². The lowest BCUT2D eigenvalue weighted by atomic mass is 9.88. The lowest BCUT2D eigenvalue weighted by Gasteiger charge is -2.20. The van der Waals surface area contributed by atoms with Crippen LogP contribution in [0.15, 0.2) is 12.1 Å². The number of hydrogen-bond donors (Lipinski definition) is 0. The minimum atomic E-state index is -0.423. The summed E-state index contributed by atoms with van der Waals surface area (Å²) in [6.45, 7) is 6.24. The third kappa shape index (κ3) is 2.01. The number of halogens is 1. The van der Waals surface area contributed by atoms with Gasteiger partial charge >= 0.3 is 0 Å². The van der Waals surface area contributed by atoms with E-state index in [0.29, 0.717) is 5.44 Å². The quantitative estimate of drug-likeness (QED) is 0.445. The fourth-order valence-corrected chi connectivity index (χ4v) is 1.74. The van der Waals surface area contributed by atoms with Gasteiger partial charge in [-0.05, 0) is 17.0 Å². The van der Waals surface area contributed by atoms with Crippen molar-refractivity contribution in [1.82, 2.24) is 4.98 Å².